The van der Waals surface area contributed by atoms with Gasteiger partial charge in [0, 0.05) is 27.2 Å². The summed E-state index contributed by atoms with van der Waals surface area (Å²) in [5.41, 5.74) is 0. The summed E-state index contributed by atoms with van der Waals surface area (Å²) in [4.78, 5) is 17.9. The van der Waals surface area contributed by atoms with E-state index in [9.17, 15) is 4.79 Å². The number of guanidine groups is 1. The quantitative estimate of drug-likeness (QED) is 0.258. The fourth-order valence-electron chi connectivity index (χ4n) is 2.05. The summed E-state index contributed by atoms with van der Waals surface area (Å²) >= 11 is 0. The smallest absolute Gasteiger partial charge is 0.239 e. The highest BCUT2D eigenvalue weighted by Gasteiger charge is 2.21. The fraction of sp³-hybridized carbons (Fsp3) is 0.625. The van der Waals surface area contributed by atoms with Crippen LogP contribution in [0.25, 0.3) is 0 Å². The lowest BCUT2D eigenvalue weighted by Gasteiger charge is -2.21. The second-order valence-electron chi connectivity index (χ2n) is 5.70. The number of likely N-dealkylation sites (N-methyl/N-ethyl adjacent to an activating group) is 1. The van der Waals surface area contributed by atoms with Gasteiger partial charge in [0.25, 0.3) is 0 Å². The molecule has 1 aliphatic carbocycles. The molecule has 0 atom stereocenters. The number of amides is 1. The van der Waals surface area contributed by atoms with Crippen LogP contribution in [0.15, 0.2) is 27.8 Å². The van der Waals surface area contributed by atoms with Crippen LogP contribution in [-0.4, -0.2) is 57.2 Å². The number of rotatable bonds is 9. The predicted octanol–water partition coefficient (Wildman–Crippen LogP) is 1.45. The average molecular weight is 450 g/mol. The standard InChI is InChI=1S/C16H26N4O3.HI/c1-17-16(20(2)7-9-22-12-13-5-6-13)19-11-15(21)18-10-14-4-3-8-23-14;/h3-4,8,13H,5-7,9-12H2,1-2H3,(H,17,19)(H,18,21);1H. The van der Waals surface area contributed by atoms with Crippen molar-refractivity contribution >= 4 is 35.8 Å². The van der Waals surface area contributed by atoms with Gasteiger partial charge in [-0.25, -0.2) is 0 Å². The summed E-state index contributed by atoms with van der Waals surface area (Å²) in [5.74, 6) is 2.07. The summed E-state index contributed by atoms with van der Waals surface area (Å²) in [6.07, 6.45) is 4.18. The van der Waals surface area contributed by atoms with E-state index in [1.165, 1.54) is 12.8 Å². The van der Waals surface area contributed by atoms with Gasteiger partial charge in [-0.05, 0) is 30.9 Å². The number of hydrogen-bond donors (Lipinski definition) is 2. The van der Waals surface area contributed by atoms with Crippen molar-refractivity contribution in [2.45, 2.75) is 19.4 Å². The van der Waals surface area contributed by atoms with Crippen LogP contribution in [0.2, 0.25) is 0 Å². The summed E-state index contributed by atoms with van der Waals surface area (Å²) in [6, 6.07) is 3.61. The molecule has 0 unspecified atom stereocenters. The summed E-state index contributed by atoms with van der Waals surface area (Å²) in [5, 5.41) is 5.82. The first-order valence-electron chi connectivity index (χ1n) is 7.97. The van der Waals surface area contributed by atoms with E-state index in [-0.39, 0.29) is 36.4 Å². The maximum Gasteiger partial charge on any atom is 0.239 e. The van der Waals surface area contributed by atoms with Gasteiger partial charge in [0.2, 0.25) is 5.91 Å². The Kier molecular flexibility index (Phi) is 9.77. The van der Waals surface area contributed by atoms with Crippen LogP contribution in [0.5, 0.6) is 0 Å². The minimum absolute atomic E-state index is 0. The summed E-state index contributed by atoms with van der Waals surface area (Å²) < 4.78 is 10.8. The molecule has 1 aliphatic rings. The molecule has 2 N–H and O–H groups in total. The van der Waals surface area contributed by atoms with Crippen molar-refractivity contribution in [3.8, 4) is 0 Å². The molecule has 1 heterocycles. The van der Waals surface area contributed by atoms with Crippen LogP contribution in [0.3, 0.4) is 0 Å². The molecule has 0 bridgehead atoms. The second-order valence-corrected chi connectivity index (χ2v) is 5.70. The van der Waals surface area contributed by atoms with Crippen molar-refractivity contribution < 1.29 is 13.9 Å². The normalized spacial score (nSPS) is 14.0. The zero-order chi connectivity index (χ0) is 16.5. The zero-order valence-corrected chi connectivity index (χ0v) is 16.6. The van der Waals surface area contributed by atoms with Crippen LogP contribution >= 0.6 is 24.0 Å². The molecule has 0 saturated heterocycles. The molecule has 0 radical (unpaired) electrons. The Labute approximate surface area is 160 Å². The molecular weight excluding hydrogens is 423 g/mol. The average Bonchev–Trinajstić information content (AvgIpc) is 3.23. The molecule has 24 heavy (non-hydrogen) atoms. The first kappa shape index (κ1) is 20.8. The predicted molar refractivity (Wildman–Crippen MR) is 104 cm³/mol. The summed E-state index contributed by atoms with van der Waals surface area (Å²) in [7, 11) is 3.63. The van der Waals surface area contributed by atoms with Gasteiger partial charge in [0.05, 0.1) is 26.0 Å². The van der Waals surface area contributed by atoms with Crippen molar-refractivity contribution in [3.63, 3.8) is 0 Å². The van der Waals surface area contributed by atoms with Gasteiger partial charge >= 0.3 is 0 Å². The van der Waals surface area contributed by atoms with E-state index in [0.29, 0.717) is 19.1 Å². The molecule has 1 fully saturated rings. The Morgan fingerprint density at radius 2 is 2.25 bits per heavy atom. The van der Waals surface area contributed by atoms with Crippen molar-refractivity contribution in [3.05, 3.63) is 24.2 Å². The van der Waals surface area contributed by atoms with E-state index in [2.05, 4.69) is 15.6 Å². The lowest BCUT2D eigenvalue weighted by molar-refractivity contribution is -0.120. The SMILES string of the molecule is CN=C(NCC(=O)NCc1ccco1)N(C)CCOCC1CC1.I. The molecule has 0 aliphatic heterocycles. The Hall–Kier alpha value is -1.29. The van der Waals surface area contributed by atoms with Crippen molar-refractivity contribution in [2.75, 3.05) is 40.4 Å². The topological polar surface area (TPSA) is 79.1 Å². The van der Waals surface area contributed by atoms with Crippen LogP contribution in [0.4, 0.5) is 0 Å². The van der Waals surface area contributed by atoms with E-state index in [1.54, 1.807) is 19.4 Å². The molecule has 0 spiro atoms. The van der Waals surface area contributed by atoms with Gasteiger partial charge in [0.15, 0.2) is 5.96 Å². The van der Waals surface area contributed by atoms with Gasteiger partial charge in [-0.15, -0.1) is 24.0 Å². The molecule has 1 saturated carbocycles. The van der Waals surface area contributed by atoms with Gasteiger partial charge < -0.3 is 24.7 Å². The van der Waals surface area contributed by atoms with Gasteiger partial charge in [-0.2, -0.15) is 0 Å². The maximum absolute atomic E-state index is 11.8. The van der Waals surface area contributed by atoms with Gasteiger partial charge in [0.1, 0.15) is 5.76 Å². The highest BCUT2D eigenvalue weighted by Crippen LogP contribution is 2.28. The van der Waals surface area contributed by atoms with E-state index in [1.807, 2.05) is 18.0 Å². The fourth-order valence-corrected chi connectivity index (χ4v) is 2.05. The minimum atomic E-state index is -0.110. The number of hydrogen-bond acceptors (Lipinski definition) is 4. The molecule has 136 valence electrons. The molecule has 8 heteroatoms. The molecule has 2 rings (SSSR count). The number of nitrogens with one attached hydrogen (secondary N) is 2. The third kappa shape index (κ3) is 8.00. The Bertz CT molecular complexity index is 503. The van der Waals surface area contributed by atoms with E-state index < -0.39 is 0 Å². The maximum atomic E-state index is 11.8. The van der Waals surface area contributed by atoms with Crippen LogP contribution in [0, 0.1) is 5.92 Å². The highest BCUT2D eigenvalue weighted by atomic mass is 127. The molecule has 1 aromatic rings. The Morgan fingerprint density at radius 3 is 2.88 bits per heavy atom. The lowest BCUT2D eigenvalue weighted by atomic mass is 10.4. The van der Waals surface area contributed by atoms with Crippen LogP contribution in [-0.2, 0) is 16.1 Å². The first-order valence-corrected chi connectivity index (χ1v) is 7.97. The van der Waals surface area contributed by atoms with Gasteiger partial charge in [-0.3, -0.25) is 9.79 Å². The van der Waals surface area contributed by atoms with Crippen LogP contribution in [0.1, 0.15) is 18.6 Å². The van der Waals surface area contributed by atoms with Crippen molar-refractivity contribution in [1.29, 1.82) is 0 Å². The molecule has 0 aromatic carbocycles. The summed E-state index contributed by atoms with van der Waals surface area (Å²) in [6.45, 7) is 2.81. The molecule has 7 nitrogen and oxygen atoms in total. The van der Waals surface area contributed by atoms with Gasteiger partial charge in [-0.1, -0.05) is 0 Å². The largest absolute Gasteiger partial charge is 0.467 e. The Balaban J connectivity index is 0.00000288. The van der Waals surface area contributed by atoms with Crippen molar-refractivity contribution in [1.82, 2.24) is 15.5 Å². The van der Waals surface area contributed by atoms with E-state index in [0.717, 1.165) is 24.8 Å². The number of carbonyl (C=O) groups is 1. The molecule has 1 aromatic heterocycles. The highest BCUT2D eigenvalue weighted by molar-refractivity contribution is 14.0. The third-order valence-electron chi connectivity index (χ3n) is 3.64. The minimum Gasteiger partial charge on any atom is -0.467 e. The number of ether oxygens (including phenoxy) is 1. The first-order chi connectivity index (χ1) is 11.2. The number of carbonyl (C=O) groups excluding carboxylic acids is 1. The third-order valence-corrected chi connectivity index (χ3v) is 3.64. The number of nitrogens with zero attached hydrogens (tertiary/aromatic N) is 2. The number of furan rings is 1. The van der Waals surface area contributed by atoms with Crippen LogP contribution < -0.4 is 10.6 Å². The number of halogens is 1. The lowest BCUT2D eigenvalue weighted by Crippen LogP contribution is -2.44. The zero-order valence-electron chi connectivity index (χ0n) is 14.3. The van der Waals surface area contributed by atoms with E-state index >= 15 is 0 Å². The van der Waals surface area contributed by atoms with Crippen molar-refractivity contribution in [2.24, 2.45) is 10.9 Å². The van der Waals surface area contributed by atoms with E-state index in [4.69, 9.17) is 9.15 Å². The molecular formula is C16H27IN4O3. The second kappa shape index (κ2) is 11.3. The Morgan fingerprint density at radius 1 is 1.46 bits per heavy atom. The monoisotopic (exact) mass is 450 g/mol. The number of aliphatic imine (C=N–C) groups is 1. The molecule has 1 amide bonds.